The van der Waals surface area contributed by atoms with Gasteiger partial charge >= 0.3 is 0 Å². The molecule has 44 heavy (non-hydrogen) atoms. The molecule has 0 amide bonds. The first-order valence-corrected chi connectivity index (χ1v) is 16.6. The highest BCUT2D eigenvalue weighted by Crippen LogP contribution is 2.38. The van der Waals surface area contributed by atoms with Gasteiger partial charge in [0.05, 0.1) is 12.2 Å². The molecule has 5 N–H and O–H groups in total. The Labute approximate surface area is 267 Å². The molecule has 224 valence electrons. The van der Waals surface area contributed by atoms with Gasteiger partial charge < -0.3 is 11.5 Å². The molecule has 0 fully saturated rings. The Balaban J connectivity index is 0.00000188. The van der Waals surface area contributed by atoms with Crippen molar-refractivity contribution in [2.24, 2.45) is 11.5 Å². The molecule has 2 atom stereocenters. The van der Waals surface area contributed by atoms with E-state index in [0.29, 0.717) is 0 Å². The number of nitrogens with two attached hydrogens (primary N) is 2. The first kappa shape index (κ1) is 31.3. The van der Waals surface area contributed by atoms with E-state index >= 15 is 0 Å². The second kappa shape index (κ2) is 15.1. The van der Waals surface area contributed by atoms with Gasteiger partial charge in [0.1, 0.15) is 0 Å². The zero-order valence-corrected chi connectivity index (χ0v) is 26.8. The number of allylic oxidation sites excluding steroid dienone is 1. The quantitative estimate of drug-likeness (QED) is 0.148. The Hall–Kier alpha value is -4.09. The number of aryl methyl sites for hydroxylation is 2. The first-order valence-electron chi connectivity index (χ1n) is 15.6. The normalized spacial score (nSPS) is 13.8. The predicted octanol–water partition coefficient (Wildman–Crippen LogP) is 9.53. The van der Waals surface area contributed by atoms with Gasteiger partial charge in [-0.1, -0.05) is 135 Å². The smallest absolute Gasteiger partial charge is 0.0817 e. The van der Waals surface area contributed by atoms with E-state index < -0.39 is 0 Å². The summed E-state index contributed by atoms with van der Waals surface area (Å²) >= 11 is 1.86. The van der Waals surface area contributed by atoms with Crippen molar-refractivity contribution in [1.29, 1.82) is 0 Å². The van der Waals surface area contributed by atoms with Gasteiger partial charge in [-0.05, 0) is 70.3 Å². The molecule has 0 saturated heterocycles. The molecule has 3 nitrogen and oxygen atoms in total. The molecule has 0 spiro atoms. The lowest BCUT2D eigenvalue weighted by atomic mass is 9.90. The van der Waals surface area contributed by atoms with E-state index in [2.05, 4.69) is 134 Å². The third-order valence-electron chi connectivity index (χ3n) is 8.13. The highest BCUT2D eigenvalue weighted by atomic mass is 32.2. The first-order chi connectivity index (χ1) is 21.6. The number of hydrogen-bond acceptors (Lipinski definition) is 4. The molecule has 0 aromatic heterocycles. The second-order valence-electron chi connectivity index (χ2n) is 11.0. The van der Waals surface area contributed by atoms with Crippen LogP contribution in [0, 0.1) is 6.92 Å². The predicted molar refractivity (Wildman–Crippen MR) is 190 cm³/mol. The summed E-state index contributed by atoms with van der Waals surface area (Å²) in [6.07, 6.45) is 1.64. The molecule has 0 bridgehead atoms. The minimum Gasteiger partial charge on any atom is -0.398 e. The molecule has 0 saturated carbocycles. The van der Waals surface area contributed by atoms with Crippen LogP contribution in [0.25, 0.3) is 16.8 Å². The lowest BCUT2D eigenvalue weighted by Gasteiger charge is -2.26. The van der Waals surface area contributed by atoms with E-state index in [4.69, 9.17) is 11.5 Å². The zero-order chi connectivity index (χ0) is 30.9. The number of benzene rings is 5. The van der Waals surface area contributed by atoms with E-state index in [1.165, 1.54) is 43.8 Å². The summed E-state index contributed by atoms with van der Waals surface area (Å²) in [6.45, 7) is 6.15. The minimum absolute atomic E-state index is 0.0153. The average Bonchev–Trinajstić information content (AvgIpc) is 3.09. The van der Waals surface area contributed by atoms with E-state index in [1.807, 2.05) is 31.7 Å². The van der Waals surface area contributed by atoms with Crippen molar-refractivity contribution in [3.63, 3.8) is 0 Å². The molecule has 2 unspecified atom stereocenters. The Kier molecular flexibility index (Phi) is 10.7. The van der Waals surface area contributed by atoms with Crippen molar-refractivity contribution in [2.45, 2.75) is 51.6 Å². The van der Waals surface area contributed by atoms with Gasteiger partial charge in [-0.25, -0.2) is 0 Å². The van der Waals surface area contributed by atoms with Crippen LogP contribution in [-0.2, 0) is 12.2 Å². The van der Waals surface area contributed by atoms with Gasteiger partial charge in [0.25, 0.3) is 0 Å². The summed E-state index contributed by atoms with van der Waals surface area (Å²) in [5.74, 6) is 0.945. The largest absolute Gasteiger partial charge is 0.398 e. The number of fused-ring (bicyclic) bond motifs is 1. The van der Waals surface area contributed by atoms with Gasteiger partial charge in [-0.3, -0.25) is 5.32 Å². The maximum atomic E-state index is 6.85. The van der Waals surface area contributed by atoms with Crippen molar-refractivity contribution in [2.75, 3.05) is 0 Å². The molecule has 5 aromatic rings. The second-order valence-corrected chi connectivity index (χ2v) is 12.0. The number of rotatable bonds is 9. The van der Waals surface area contributed by atoms with Crippen molar-refractivity contribution in [3.05, 3.63) is 171 Å². The molecule has 1 aliphatic carbocycles. The van der Waals surface area contributed by atoms with Crippen molar-refractivity contribution < 1.29 is 0 Å². The van der Waals surface area contributed by atoms with Crippen molar-refractivity contribution >= 4 is 17.5 Å². The molecule has 0 heterocycles. The van der Waals surface area contributed by atoms with Crippen LogP contribution in [-0.4, -0.2) is 0 Å². The Morgan fingerprint density at radius 3 is 2.11 bits per heavy atom. The van der Waals surface area contributed by atoms with Crippen LogP contribution < -0.4 is 16.8 Å². The molecule has 5 aromatic carbocycles. The highest BCUT2D eigenvalue weighted by Gasteiger charge is 2.21. The maximum absolute atomic E-state index is 6.85. The number of nitrogens with one attached hydrogen (secondary N) is 1. The van der Waals surface area contributed by atoms with Crippen LogP contribution in [0.15, 0.2) is 132 Å². The fraction of sp³-hybridized carbons (Fsp3) is 0.200. The van der Waals surface area contributed by atoms with E-state index in [9.17, 15) is 0 Å². The van der Waals surface area contributed by atoms with E-state index in [0.717, 1.165) is 35.4 Å². The minimum atomic E-state index is -0.338. The fourth-order valence-corrected chi connectivity index (χ4v) is 6.82. The van der Waals surface area contributed by atoms with E-state index in [-0.39, 0.29) is 12.2 Å². The van der Waals surface area contributed by atoms with Gasteiger partial charge in [-0.15, -0.1) is 11.8 Å². The molecular weight excluding hydrogens is 555 g/mol. The Bertz CT molecular complexity index is 1700. The topological polar surface area (TPSA) is 64.1 Å². The van der Waals surface area contributed by atoms with Gasteiger partial charge in [0.15, 0.2) is 0 Å². The van der Waals surface area contributed by atoms with Crippen LogP contribution in [0.4, 0.5) is 0 Å². The van der Waals surface area contributed by atoms with Crippen molar-refractivity contribution in [3.8, 4) is 11.1 Å². The maximum Gasteiger partial charge on any atom is 0.0817 e. The van der Waals surface area contributed by atoms with Crippen LogP contribution in [0.1, 0.15) is 71.4 Å². The highest BCUT2D eigenvalue weighted by molar-refractivity contribution is 8.02. The van der Waals surface area contributed by atoms with Crippen LogP contribution in [0.3, 0.4) is 0 Å². The summed E-state index contributed by atoms with van der Waals surface area (Å²) in [5, 5.41) is 3.72. The molecule has 4 heteroatoms. The lowest BCUT2D eigenvalue weighted by Crippen LogP contribution is -2.33. The third-order valence-corrected chi connectivity index (χ3v) is 9.38. The summed E-state index contributed by atoms with van der Waals surface area (Å²) < 4.78 is 0. The van der Waals surface area contributed by atoms with Crippen LogP contribution >= 0.6 is 11.8 Å². The zero-order valence-electron chi connectivity index (χ0n) is 26.0. The Morgan fingerprint density at radius 2 is 1.36 bits per heavy atom. The van der Waals surface area contributed by atoms with Gasteiger partial charge in [0, 0.05) is 21.9 Å². The summed E-state index contributed by atoms with van der Waals surface area (Å²) in [4.78, 5) is 1.29. The third kappa shape index (κ3) is 7.34. The van der Waals surface area contributed by atoms with E-state index in [1.54, 1.807) is 0 Å². The average molecular weight is 598 g/mol. The summed E-state index contributed by atoms with van der Waals surface area (Å²) in [6, 6.07) is 44.9. The molecule has 1 aliphatic rings. The van der Waals surface area contributed by atoms with Crippen LogP contribution in [0.5, 0.6) is 0 Å². The SMILES string of the molecule is CC.Cc1ccccc1C(NC(N)c1cccc(-c2ccc3c(c2)CCC(SCc2ccccc2)=C3N)c1)c1ccccc1. The lowest BCUT2D eigenvalue weighted by molar-refractivity contribution is 0.497. The summed E-state index contributed by atoms with van der Waals surface area (Å²) in [5.41, 5.74) is 25.3. The molecule has 0 aliphatic heterocycles. The van der Waals surface area contributed by atoms with Crippen molar-refractivity contribution in [1.82, 2.24) is 5.32 Å². The Morgan fingerprint density at radius 1 is 0.705 bits per heavy atom. The molecule has 6 rings (SSSR count). The summed E-state index contributed by atoms with van der Waals surface area (Å²) in [7, 11) is 0. The fourth-order valence-electron chi connectivity index (χ4n) is 5.78. The van der Waals surface area contributed by atoms with Crippen LogP contribution in [0.2, 0.25) is 0 Å². The molecule has 0 radical (unpaired) electrons. The standard InChI is InChI=1S/C38H37N3S.C2H6/c1-26-11-8-9-18-33(26)37(28-14-6-3-7-15-28)41-38(40)32-17-10-16-29(24-32)30-19-21-34-31(23-30)20-22-35(36(34)39)42-25-27-12-4-2-5-13-27;1-2/h2-19,21,23-24,37-38,41H,20,22,25,39-40H2,1H3;1-2H3. The van der Waals surface area contributed by atoms with Gasteiger partial charge in [-0.2, -0.15) is 0 Å². The van der Waals surface area contributed by atoms with Gasteiger partial charge in [0.2, 0.25) is 0 Å². The number of thioether (sulfide) groups is 1. The number of hydrogen-bond donors (Lipinski definition) is 3. The monoisotopic (exact) mass is 597 g/mol. The molecular formula is C40H43N3S.